The second-order valence-electron chi connectivity index (χ2n) is 9.08. The highest BCUT2D eigenvalue weighted by molar-refractivity contribution is 7.19. The normalized spacial score (nSPS) is 18.1. The Morgan fingerprint density at radius 3 is 2.59 bits per heavy atom. The van der Waals surface area contributed by atoms with Gasteiger partial charge in [-0.1, -0.05) is 54.4 Å². The molecule has 1 N–H and O–H groups in total. The first-order valence-electron chi connectivity index (χ1n) is 11.8. The zero-order valence-electron chi connectivity index (χ0n) is 19.0. The molecular formula is C25H32N6S. The molecule has 2 aromatic heterocycles. The van der Waals surface area contributed by atoms with Crippen LogP contribution in [0.25, 0.3) is 21.8 Å². The van der Waals surface area contributed by atoms with Gasteiger partial charge in [-0.15, -0.1) is 0 Å². The van der Waals surface area contributed by atoms with Crippen molar-refractivity contribution in [3.8, 4) is 21.8 Å². The third-order valence-electron chi connectivity index (χ3n) is 6.51. The monoisotopic (exact) mass is 448 g/mol. The number of rotatable bonds is 5. The Hall–Kier alpha value is -2.51. The van der Waals surface area contributed by atoms with Crippen molar-refractivity contribution in [2.75, 3.05) is 43.4 Å². The summed E-state index contributed by atoms with van der Waals surface area (Å²) in [6.45, 7) is 6.28. The summed E-state index contributed by atoms with van der Waals surface area (Å²) in [5.41, 5.74) is 4.37. The van der Waals surface area contributed by atoms with Crippen LogP contribution in [0.3, 0.4) is 0 Å². The minimum Gasteiger partial charge on any atom is -0.351 e. The van der Waals surface area contributed by atoms with Crippen LogP contribution in [-0.4, -0.2) is 59.1 Å². The zero-order chi connectivity index (χ0) is 21.9. The summed E-state index contributed by atoms with van der Waals surface area (Å²) < 4.78 is 0. The van der Waals surface area contributed by atoms with Crippen LogP contribution in [0.2, 0.25) is 0 Å². The van der Waals surface area contributed by atoms with Crippen LogP contribution in [0.4, 0.5) is 11.1 Å². The van der Waals surface area contributed by atoms with Gasteiger partial charge in [0.25, 0.3) is 0 Å². The molecule has 0 atom stereocenters. The second kappa shape index (κ2) is 9.55. The number of anilines is 2. The maximum Gasteiger partial charge on any atom is 0.223 e. The van der Waals surface area contributed by atoms with Gasteiger partial charge in [0.15, 0.2) is 5.13 Å². The Labute approximate surface area is 194 Å². The fourth-order valence-corrected chi connectivity index (χ4v) is 5.70. The number of hydrogen-bond acceptors (Lipinski definition) is 7. The summed E-state index contributed by atoms with van der Waals surface area (Å²) in [7, 11) is 2.19. The molecule has 0 radical (unpaired) electrons. The first-order valence-corrected chi connectivity index (χ1v) is 12.6. The SMILES string of the molecule is Cc1cccc(-c2nc(N3CCN(C)CC3)sc2-c2ccnc(NC3CCCCC3)n2)c1. The number of aryl methyl sites for hydroxylation is 1. The van der Waals surface area contributed by atoms with Crippen molar-refractivity contribution in [2.24, 2.45) is 0 Å². The molecule has 0 spiro atoms. The van der Waals surface area contributed by atoms with Gasteiger partial charge in [0.1, 0.15) is 0 Å². The summed E-state index contributed by atoms with van der Waals surface area (Å²) in [5.74, 6) is 0.735. The summed E-state index contributed by atoms with van der Waals surface area (Å²) in [6, 6.07) is 11.1. The Kier molecular flexibility index (Phi) is 6.37. The topological polar surface area (TPSA) is 57.2 Å². The fourth-order valence-electron chi connectivity index (χ4n) is 4.59. The number of piperazine rings is 1. The maximum absolute atomic E-state index is 5.14. The molecule has 3 aromatic rings. The van der Waals surface area contributed by atoms with Gasteiger partial charge in [-0.25, -0.2) is 15.0 Å². The largest absolute Gasteiger partial charge is 0.351 e. The van der Waals surface area contributed by atoms with E-state index in [9.17, 15) is 0 Å². The number of thiazole rings is 1. The molecule has 0 amide bonds. The van der Waals surface area contributed by atoms with Crippen LogP contribution in [0.15, 0.2) is 36.5 Å². The average Bonchev–Trinajstić information content (AvgIpc) is 3.26. The van der Waals surface area contributed by atoms with E-state index < -0.39 is 0 Å². The van der Waals surface area contributed by atoms with Crippen molar-refractivity contribution < 1.29 is 0 Å². The highest BCUT2D eigenvalue weighted by Crippen LogP contribution is 2.40. The van der Waals surface area contributed by atoms with Crippen molar-refractivity contribution >= 4 is 22.4 Å². The van der Waals surface area contributed by atoms with Crippen LogP contribution < -0.4 is 10.2 Å². The smallest absolute Gasteiger partial charge is 0.223 e. The van der Waals surface area contributed by atoms with Gasteiger partial charge in [-0.3, -0.25) is 0 Å². The third-order valence-corrected chi connectivity index (χ3v) is 7.65. The molecule has 2 fully saturated rings. The zero-order valence-corrected chi connectivity index (χ0v) is 19.9. The molecule has 0 unspecified atom stereocenters. The molecule has 1 aromatic carbocycles. The fraction of sp³-hybridized carbons (Fsp3) is 0.480. The van der Waals surface area contributed by atoms with Crippen LogP contribution in [0, 0.1) is 6.92 Å². The molecule has 1 saturated carbocycles. The number of aromatic nitrogens is 3. The van der Waals surface area contributed by atoms with E-state index in [0.717, 1.165) is 59.1 Å². The summed E-state index contributed by atoms with van der Waals surface area (Å²) >= 11 is 1.75. The lowest BCUT2D eigenvalue weighted by molar-refractivity contribution is 0.313. The molecule has 168 valence electrons. The lowest BCUT2D eigenvalue weighted by Crippen LogP contribution is -2.44. The van der Waals surface area contributed by atoms with Crippen LogP contribution >= 0.6 is 11.3 Å². The highest BCUT2D eigenvalue weighted by Gasteiger charge is 2.23. The Morgan fingerprint density at radius 1 is 1.00 bits per heavy atom. The van der Waals surface area contributed by atoms with Gasteiger partial charge in [0, 0.05) is 44.0 Å². The highest BCUT2D eigenvalue weighted by atomic mass is 32.1. The first-order chi connectivity index (χ1) is 15.7. The molecule has 1 aliphatic carbocycles. The van der Waals surface area contributed by atoms with Crippen molar-refractivity contribution in [1.29, 1.82) is 0 Å². The predicted molar refractivity (Wildman–Crippen MR) is 134 cm³/mol. The van der Waals surface area contributed by atoms with Gasteiger partial charge in [0.2, 0.25) is 5.95 Å². The molecule has 5 rings (SSSR count). The third kappa shape index (κ3) is 4.79. The quantitative estimate of drug-likeness (QED) is 0.588. The molecular weight excluding hydrogens is 416 g/mol. The summed E-state index contributed by atoms with van der Waals surface area (Å²) in [6.07, 6.45) is 8.21. The number of nitrogens with zero attached hydrogens (tertiary/aromatic N) is 5. The van der Waals surface area contributed by atoms with Crippen LogP contribution in [0.5, 0.6) is 0 Å². The van der Waals surface area contributed by atoms with E-state index in [1.165, 1.54) is 37.7 Å². The average molecular weight is 449 g/mol. The van der Waals surface area contributed by atoms with E-state index in [2.05, 4.69) is 58.3 Å². The lowest BCUT2D eigenvalue weighted by atomic mass is 9.96. The van der Waals surface area contributed by atoms with Gasteiger partial charge >= 0.3 is 0 Å². The van der Waals surface area contributed by atoms with E-state index >= 15 is 0 Å². The van der Waals surface area contributed by atoms with Crippen molar-refractivity contribution in [2.45, 2.75) is 45.1 Å². The molecule has 6 nitrogen and oxygen atoms in total. The van der Waals surface area contributed by atoms with Gasteiger partial charge in [0.05, 0.1) is 16.3 Å². The van der Waals surface area contributed by atoms with E-state index in [-0.39, 0.29) is 0 Å². The van der Waals surface area contributed by atoms with Crippen LogP contribution in [-0.2, 0) is 0 Å². The lowest BCUT2D eigenvalue weighted by Gasteiger charge is -2.32. The van der Waals surface area contributed by atoms with E-state index in [1.807, 2.05) is 12.3 Å². The number of benzene rings is 1. The van der Waals surface area contributed by atoms with Gasteiger partial charge in [-0.05, 0) is 38.9 Å². The molecule has 2 aliphatic rings. The van der Waals surface area contributed by atoms with Gasteiger partial charge < -0.3 is 15.1 Å². The molecule has 1 saturated heterocycles. The Bertz CT molecular complexity index is 1050. The van der Waals surface area contributed by atoms with Gasteiger partial charge in [-0.2, -0.15) is 0 Å². The van der Waals surface area contributed by atoms with Crippen LogP contribution in [0.1, 0.15) is 37.7 Å². The molecule has 7 heteroatoms. The summed E-state index contributed by atoms with van der Waals surface area (Å²) in [4.78, 5) is 20.5. The maximum atomic E-state index is 5.14. The minimum atomic E-state index is 0.484. The Balaban J connectivity index is 1.50. The predicted octanol–water partition coefficient (Wildman–Crippen LogP) is 5.07. The second-order valence-corrected chi connectivity index (χ2v) is 10.1. The molecule has 0 bridgehead atoms. The van der Waals surface area contributed by atoms with Crippen molar-refractivity contribution in [1.82, 2.24) is 19.9 Å². The molecule has 32 heavy (non-hydrogen) atoms. The number of nitrogens with one attached hydrogen (secondary N) is 1. The number of likely N-dealkylation sites (N-methyl/N-ethyl adjacent to an activating group) is 1. The molecule has 3 heterocycles. The first kappa shape index (κ1) is 21.3. The van der Waals surface area contributed by atoms with Crippen molar-refractivity contribution in [3.05, 3.63) is 42.1 Å². The minimum absolute atomic E-state index is 0.484. The Morgan fingerprint density at radius 2 is 1.81 bits per heavy atom. The van der Waals surface area contributed by atoms with Crippen molar-refractivity contribution in [3.63, 3.8) is 0 Å². The van der Waals surface area contributed by atoms with E-state index in [1.54, 1.807) is 11.3 Å². The van der Waals surface area contributed by atoms with E-state index in [4.69, 9.17) is 9.97 Å². The standard InChI is InChI=1S/C25H32N6S/c1-18-7-6-8-19(17-18)22-23(32-25(29-22)31-15-13-30(2)14-16-31)21-11-12-26-24(28-21)27-20-9-4-3-5-10-20/h6-8,11-12,17,20H,3-5,9-10,13-16H2,1-2H3,(H,26,27,28). The summed E-state index contributed by atoms with van der Waals surface area (Å²) in [5, 5.41) is 4.67. The van der Waals surface area contributed by atoms with E-state index in [0.29, 0.717) is 6.04 Å². The molecule has 1 aliphatic heterocycles. The number of hydrogen-bond donors (Lipinski definition) is 1.